The second kappa shape index (κ2) is 10.6. The second-order valence-electron chi connectivity index (χ2n) is 5.59. The molecule has 2 aromatic rings. The van der Waals surface area contributed by atoms with Gasteiger partial charge in [0, 0.05) is 20.2 Å². The summed E-state index contributed by atoms with van der Waals surface area (Å²) in [6, 6.07) is 8.08. The number of benzene rings is 2. The molecule has 1 amide bonds. The number of carbonyl (C=O) groups excluding carboxylic acids is 1. The first kappa shape index (κ1) is 24.1. The summed E-state index contributed by atoms with van der Waals surface area (Å²) in [5, 5.41) is 11.5. The van der Waals surface area contributed by atoms with Crippen molar-refractivity contribution in [1.29, 1.82) is 0 Å². The summed E-state index contributed by atoms with van der Waals surface area (Å²) in [4.78, 5) is 9.31. The van der Waals surface area contributed by atoms with Crippen molar-refractivity contribution < 1.29 is 32.5 Å². The number of rotatable bonds is 6. The maximum atomic E-state index is 12.6. The molecule has 0 heterocycles. The number of nitrogens with two attached hydrogens (primary N) is 2. The number of alkyl halides is 3. The molecule has 0 aromatic heterocycles. The first-order valence-electron chi connectivity index (χ1n) is 7.84. The highest BCUT2D eigenvalue weighted by atomic mass is 35.5. The zero-order valence-electron chi connectivity index (χ0n) is 15.5. The lowest BCUT2D eigenvalue weighted by Crippen LogP contribution is -2.27. The number of carbonyl (C=O) groups is 1. The van der Waals surface area contributed by atoms with Crippen LogP contribution in [0.4, 0.5) is 18.9 Å². The maximum Gasteiger partial charge on any atom is 0.573 e. The largest absolute Gasteiger partial charge is 0.573 e. The van der Waals surface area contributed by atoms with Gasteiger partial charge in [0.15, 0.2) is 0 Å². The van der Waals surface area contributed by atoms with Crippen LogP contribution in [0.5, 0.6) is 17.2 Å². The summed E-state index contributed by atoms with van der Waals surface area (Å²) in [5.41, 5.74) is 0.399. The highest BCUT2D eigenvalue weighted by Crippen LogP contribution is 2.34. The van der Waals surface area contributed by atoms with E-state index in [1.54, 1.807) is 0 Å². The summed E-state index contributed by atoms with van der Waals surface area (Å²) in [6.45, 7) is -0.270. The van der Waals surface area contributed by atoms with Crippen LogP contribution in [0.25, 0.3) is 0 Å². The summed E-state index contributed by atoms with van der Waals surface area (Å²) in [6.07, 6.45) is -4.32. The van der Waals surface area contributed by atoms with Crippen LogP contribution in [0.3, 0.4) is 0 Å². The van der Waals surface area contributed by atoms with Crippen molar-refractivity contribution in [2.24, 2.45) is 11.7 Å². The van der Waals surface area contributed by atoms with E-state index in [0.717, 1.165) is 16.1 Å². The van der Waals surface area contributed by atoms with Gasteiger partial charge in [0.1, 0.15) is 23.9 Å². The SMILES string of the molecule is CN(N)C=O.CN(N)c1cccc(OC(F)(F)F)c1COc1ccc(O)cc1Cl. The van der Waals surface area contributed by atoms with E-state index in [1.165, 1.54) is 44.4 Å². The molecule has 2 aromatic carbocycles. The number of halogens is 4. The molecule has 0 saturated heterocycles. The lowest BCUT2D eigenvalue weighted by atomic mass is 10.1. The molecule has 12 heteroatoms. The molecule has 0 saturated carbocycles. The first-order chi connectivity index (χ1) is 13.4. The van der Waals surface area contributed by atoms with E-state index in [4.69, 9.17) is 28.0 Å². The highest BCUT2D eigenvalue weighted by Gasteiger charge is 2.32. The molecule has 2 rings (SSSR count). The second-order valence-corrected chi connectivity index (χ2v) is 5.99. The third-order valence-corrected chi connectivity index (χ3v) is 3.46. The van der Waals surface area contributed by atoms with Crippen molar-refractivity contribution in [3.05, 3.63) is 47.0 Å². The van der Waals surface area contributed by atoms with Crippen LogP contribution in [0.1, 0.15) is 5.56 Å². The van der Waals surface area contributed by atoms with E-state index in [1.807, 2.05) is 0 Å². The van der Waals surface area contributed by atoms with Crippen LogP contribution in [0.15, 0.2) is 36.4 Å². The van der Waals surface area contributed by atoms with Gasteiger partial charge in [-0.2, -0.15) is 0 Å². The smallest absolute Gasteiger partial charge is 0.508 e. The lowest BCUT2D eigenvalue weighted by Gasteiger charge is -2.21. The fraction of sp³-hybridized carbons (Fsp3) is 0.235. The van der Waals surface area contributed by atoms with Crippen LogP contribution in [-0.2, 0) is 11.4 Å². The topological polar surface area (TPSA) is 114 Å². The maximum absolute atomic E-state index is 12.6. The molecule has 0 bridgehead atoms. The minimum atomic E-state index is -4.85. The van der Waals surface area contributed by atoms with Crippen LogP contribution in [-0.4, -0.2) is 37.0 Å². The van der Waals surface area contributed by atoms with Gasteiger partial charge in [-0.05, 0) is 24.3 Å². The average Bonchev–Trinajstić information content (AvgIpc) is 2.60. The predicted octanol–water partition coefficient (Wildman–Crippen LogP) is 2.78. The van der Waals surface area contributed by atoms with E-state index in [2.05, 4.69) is 4.74 Å². The quantitative estimate of drug-likeness (QED) is 0.276. The molecular weight excluding hydrogens is 417 g/mol. The van der Waals surface area contributed by atoms with Gasteiger partial charge in [-0.3, -0.25) is 9.80 Å². The van der Waals surface area contributed by atoms with Gasteiger partial charge in [-0.1, -0.05) is 17.7 Å². The normalized spacial score (nSPS) is 10.5. The Kier molecular flexibility index (Phi) is 8.83. The molecule has 0 unspecified atom stereocenters. The predicted molar refractivity (Wildman–Crippen MR) is 101 cm³/mol. The zero-order chi connectivity index (χ0) is 22.2. The molecule has 0 fully saturated rings. The Labute approximate surface area is 169 Å². The van der Waals surface area contributed by atoms with Gasteiger partial charge >= 0.3 is 6.36 Å². The molecule has 0 aliphatic carbocycles. The van der Waals surface area contributed by atoms with Crippen molar-refractivity contribution in [2.45, 2.75) is 13.0 Å². The molecule has 160 valence electrons. The number of nitrogens with zero attached hydrogens (tertiary/aromatic N) is 2. The summed E-state index contributed by atoms with van der Waals surface area (Å²) in [7, 11) is 2.94. The summed E-state index contributed by atoms with van der Waals surface area (Å²) >= 11 is 5.91. The van der Waals surface area contributed by atoms with E-state index in [-0.39, 0.29) is 28.7 Å². The molecule has 29 heavy (non-hydrogen) atoms. The third kappa shape index (κ3) is 8.34. The lowest BCUT2D eigenvalue weighted by molar-refractivity contribution is -0.275. The van der Waals surface area contributed by atoms with Crippen LogP contribution in [0, 0.1) is 0 Å². The fourth-order valence-corrected chi connectivity index (χ4v) is 2.24. The Balaban J connectivity index is 0.000000749. The van der Waals surface area contributed by atoms with Crippen molar-refractivity contribution in [2.75, 3.05) is 19.1 Å². The Morgan fingerprint density at radius 2 is 1.79 bits per heavy atom. The first-order valence-corrected chi connectivity index (χ1v) is 8.22. The van der Waals surface area contributed by atoms with Gasteiger partial charge in [-0.25, -0.2) is 11.7 Å². The number of aromatic hydroxyl groups is 1. The Morgan fingerprint density at radius 3 is 2.28 bits per heavy atom. The van der Waals surface area contributed by atoms with Crippen molar-refractivity contribution in [1.82, 2.24) is 5.01 Å². The third-order valence-electron chi connectivity index (χ3n) is 3.17. The number of ether oxygens (including phenoxy) is 2. The van der Waals surface area contributed by atoms with Gasteiger partial charge < -0.3 is 19.6 Å². The van der Waals surface area contributed by atoms with Crippen LogP contribution in [0.2, 0.25) is 5.02 Å². The number of hydrogen-bond acceptors (Lipinski definition) is 7. The number of hydrazine groups is 2. The minimum Gasteiger partial charge on any atom is -0.508 e. The van der Waals surface area contributed by atoms with E-state index in [0.29, 0.717) is 12.1 Å². The Morgan fingerprint density at radius 1 is 1.17 bits per heavy atom. The number of phenols is 1. The Hall–Kier alpha value is -2.89. The monoisotopic (exact) mass is 436 g/mol. The number of anilines is 1. The zero-order valence-corrected chi connectivity index (χ0v) is 16.2. The van der Waals surface area contributed by atoms with Crippen molar-refractivity contribution in [3.8, 4) is 17.2 Å². The highest BCUT2D eigenvalue weighted by molar-refractivity contribution is 6.32. The molecule has 0 aliphatic heterocycles. The molecule has 5 N–H and O–H groups in total. The van der Waals surface area contributed by atoms with Crippen molar-refractivity contribution in [3.63, 3.8) is 0 Å². The van der Waals surface area contributed by atoms with Gasteiger partial charge in [0.25, 0.3) is 0 Å². The molecule has 8 nitrogen and oxygen atoms in total. The average molecular weight is 437 g/mol. The summed E-state index contributed by atoms with van der Waals surface area (Å²) in [5.74, 6) is 10.1. The van der Waals surface area contributed by atoms with Gasteiger partial charge in [0.2, 0.25) is 6.41 Å². The number of phenolic OH excluding ortho intramolecular Hbond substituents is 1. The molecule has 0 radical (unpaired) electrons. The van der Waals surface area contributed by atoms with Crippen LogP contribution >= 0.6 is 11.6 Å². The van der Waals surface area contributed by atoms with Crippen LogP contribution < -0.4 is 26.2 Å². The minimum absolute atomic E-state index is 0.0597. The molecule has 0 aliphatic rings. The number of amides is 1. The van der Waals surface area contributed by atoms with E-state index < -0.39 is 12.1 Å². The standard InChI is InChI=1S/C15H14ClF3N2O3.C2H6N2O/c1-21(20)12-3-2-4-13(24-15(17,18)19)10(12)8-23-14-6-5-9(22)7-11(14)16;1-4(3)2-5/h2-7,22H,8,20H2,1H3;2H,3H2,1H3. The van der Waals surface area contributed by atoms with Gasteiger partial charge in [0.05, 0.1) is 16.3 Å². The van der Waals surface area contributed by atoms with E-state index in [9.17, 15) is 23.1 Å². The van der Waals surface area contributed by atoms with Crippen molar-refractivity contribution >= 4 is 23.7 Å². The van der Waals surface area contributed by atoms with Gasteiger partial charge in [-0.15, -0.1) is 13.2 Å². The van der Waals surface area contributed by atoms with E-state index >= 15 is 0 Å². The summed E-state index contributed by atoms with van der Waals surface area (Å²) < 4.78 is 47.2. The molecule has 0 spiro atoms. The fourth-order valence-electron chi connectivity index (χ4n) is 2.01. The molecule has 0 atom stereocenters. The molecular formula is C17H20ClF3N4O4. The number of hydrogen-bond donors (Lipinski definition) is 3. The Bertz CT molecular complexity index is 820.